The van der Waals surface area contributed by atoms with Crippen LogP contribution in [-0.4, -0.2) is 40.8 Å². The Kier molecular flexibility index (Phi) is 9.44. The number of aryl methyl sites for hydroxylation is 1. The number of nitrogens with zero attached hydrogens (tertiary/aromatic N) is 2. The number of amides is 3. The Balaban J connectivity index is 1.48. The summed E-state index contributed by atoms with van der Waals surface area (Å²) in [4.78, 5) is 39.3. The van der Waals surface area contributed by atoms with E-state index < -0.39 is 11.8 Å². The molecule has 0 fully saturated rings. The zero-order valence-electron chi connectivity index (χ0n) is 21.1. The maximum Gasteiger partial charge on any atom is 0.272 e. The number of hydrogen-bond donors (Lipinski definition) is 3. The van der Waals surface area contributed by atoms with Crippen LogP contribution in [0.2, 0.25) is 0 Å². The first-order chi connectivity index (χ1) is 18.9. The minimum atomic E-state index is -0.517. The Labute approximate surface area is 233 Å². The second-order valence-electron chi connectivity index (χ2n) is 8.07. The number of methoxy groups -OCH3 is 1. The quantitative estimate of drug-likeness (QED) is 0.185. The molecule has 0 aliphatic heterocycles. The summed E-state index contributed by atoms with van der Waals surface area (Å²) in [6, 6.07) is 22.9. The third-order valence-electron chi connectivity index (χ3n) is 5.20. The van der Waals surface area contributed by atoms with Gasteiger partial charge in [0.1, 0.15) is 16.5 Å². The van der Waals surface area contributed by atoms with E-state index in [9.17, 15) is 14.4 Å². The molecule has 0 saturated carbocycles. The minimum Gasteiger partial charge on any atom is -0.496 e. The summed E-state index contributed by atoms with van der Waals surface area (Å²) in [6.45, 7) is 1.81. The van der Waals surface area contributed by atoms with Crippen molar-refractivity contribution in [1.29, 1.82) is 0 Å². The van der Waals surface area contributed by atoms with Gasteiger partial charge >= 0.3 is 0 Å². The van der Waals surface area contributed by atoms with Gasteiger partial charge in [0.15, 0.2) is 0 Å². The SMILES string of the molecule is COc1ccccc1/C=C(/NC(=O)c1ccccc1)C(=O)Nc1cccc(SCC(=O)Nc2nnc(C)s2)c1. The van der Waals surface area contributed by atoms with Crippen LogP contribution in [0.15, 0.2) is 89.5 Å². The van der Waals surface area contributed by atoms with Crippen LogP contribution in [0.5, 0.6) is 5.75 Å². The van der Waals surface area contributed by atoms with Crippen molar-refractivity contribution in [1.82, 2.24) is 15.5 Å². The fourth-order valence-corrected chi connectivity index (χ4v) is 4.76. The number of carbonyl (C=O) groups is 3. The lowest BCUT2D eigenvalue weighted by molar-refractivity contribution is -0.114. The number of carbonyl (C=O) groups excluding carboxylic acids is 3. The molecule has 3 aromatic carbocycles. The van der Waals surface area contributed by atoms with E-state index >= 15 is 0 Å². The molecule has 3 amide bonds. The van der Waals surface area contributed by atoms with Crippen molar-refractivity contribution in [2.75, 3.05) is 23.5 Å². The van der Waals surface area contributed by atoms with E-state index in [1.54, 1.807) is 66.7 Å². The molecule has 198 valence electrons. The molecule has 0 atom stereocenters. The van der Waals surface area contributed by atoms with Crippen LogP contribution in [-0.2, 0) is 9.59 Å². The van der Waals surface area contributed by atoms with Crippen LogP contribution in [0, 0.1) is 6.92 Å². The lowest BCUT2D eigenvalue weighted by atomic mass is 10.1. The van der Waals surface area contributed by atoms with Gasteiger partial charge in [0, 0.05) is 21.7 Å². The molecule has 4 rings (SSSR count). The second-order valence-corrected chi connectivity index (χ2v) is 10.3. The summed E-state index contributed by atoms with van der Waals surface area (Å²) in [7, 11) is 1.53. The lowest BCUT2D eigenvalue weighted by Gasteiger charge is -2.13. The van der Waals surface area contributed by atoms with Crippen molar-refractivity contribution in [3.05, 3.63) is 101 Å². The van der Waals surface area contributed by atoms with Crippen molar-refractivity contribution >= 4 is 57.7 Å². The van der Waals surface area contributed by atoms with Crippen LogP contribution in [0.3, 0.4) is 0 Å². The van der Waals surface area contributed by atoms with Gasteiger partial charge in [-0.15, -0.1) is 22.0 Å². The summed E-state index contributed by atoms with van der Waals surface area (Å²) in [5.74, 6) is -0.444. The molecule has 0 aliphatic rings. The standard InChI is InChI=1S/C28H25N5O4S2/c1-18-32-33-28(39-18)31-25(34)17-38-22-13-8-12-21(16-22)29-27(36)23(15-20-11-6-7-14-24(20)37-2)30-26(35)19-9-4-3-5-10-19/h3-16H,17H2,1-2H3,(H,29,36)(H,30,35)(H,31,33,34)/b23-15+. The average Bonchev–Trinajstić information content (AvgIpc) is 3.36. The van der Waals surface area contributed by atoms with Gasteiger partial charge in [-0.3, -0.25) is 19.7 Å². The van der Waals surface area contributed by atoms with Gasteiger partial charge in [-0.25, -0.2) is 0 Å². The van der Waals surface area contributed by atoms with Crippen LogP contribution in [0.1, 0.15) is 20.9 Å². The zero-order chi connectivity index (χ0) is 27.6. The highest BCUT2D eigenvalue weighted by Gasteiger charge is 2.16. The van der Waals surface area contributed by atoms with Crippen molar-refractivity contribution in [3.63, 3.8) is 0 Å². The van der Waals surface area contributed by atoms with E-state index in [4.69, 9.17) is 4.74 Å². The first-order valence-corrected chi connectivity index (χ1v) is 13.6. The van der Waals surface area contributed by atoms with Crippen molar-refractivity contribution < 1.29 is 19.1 Å². The summed E-state index contributed by atoms with van der Waals surface area (Å²) in [6.07, 6.45) is 1.56. The molecule has 11 heteroatoms. The van der Waals surface area contributed by atoms with Crippen LogP contribution >= 0.6 is 23.1 Å². The Morgan fingerprint density at radius 1 is 0.949 bits per heavy atom. The van der Waals surface area contributed by atoms with Gasteiger partial charge in [-0.1, -0.05) is 53.8 Å². The van der Waals surface area contributed by atoms with Crippen LogP contribution in [0.4, 0.5) is 10.8 Å². The number of thioether (sulfide) groups is 1. The van der Waals surface area contributed by atoms with Gasteiger partial charge in [0.2, 0.25) is 11.0 Å². The van der Waals surface area contributed by atoms with E-state index in [-0.39, 0.29) is 17.4 Å². The maximum atomic E-state index is 13.3. The number of nitrogens with one attached hydrogen (secondary N) is 3. The van der Waals surface area contributed by atoms with Crippen molar-refractivity contribution in [2.45, 2.75) is 11.8 Å². The number of benzene rings is 3. The predicted molar refractivity (Wildman–Crippen MR) is 154 cm³/mol. The summed E-state index contributed by atoms with van der Waals surface area (Å²) < 4.78 is 5.40. The lowest BCUT2D eigenvalue weighted by Crippen LogP contribution is -2.30. The molecule has 1 heterocycles. The summed E-state index contributed by atoms with van der Waals surface area (Å²) >= 11 is 2.61. The fraction of sp³-hybridized carbons (Fsp3) is 0.107. The monoisotopic (exact) mass is 559 g/mol. The highest BCUT2D eigenvalue weighted by atomic mass is 32.2. The molecule has 0 saturated heterocycles. The number of anilines is 2. The molecule has 0 radical (unpaired) electrons. The number of aromatic nitrogens is 2. The van der Waals surface area contributed by atoms with E-state index in [0.29, 0.717) is 27.7 Å². The molecular formula is C28H25N5O4S2. The number of para-hydroxylation sites is 1. The van der Waals surface area contributed by atoms with Gasteiger partial charge in [0.05, 0.1) is 12.9 Å². The topological polar surface area (TPSA) is 122 Å². The molecule has 1 aromatic heterocycles. The zero-order valence-corrected chi connectivity index (χ0v) is 22.8. The van der Waals surface area contributed by atoms with Gasteiger partial charge < -0.3 is 15.4 Å². The molecule has 0 aliphatic carbocycles. The van der Waals surface area contributed by atoms with Crippen LogP contribution < -0.4 is 20.7 Å². The summed E-state index contributed by atoms with van der Waals surface area (Å²) in [5, 5.41) is 17.3. The van der Waals surface area contributed by atoms with E-state index in [1.165, 1.54) is 30.2 Å². The Bertz CT molecular complexity index is 1500. The maximum absolute atomic E-state index is 13.3. The molecule has 9 nitrogen and oxygen atoms in total. The van der Waals surface area contributed by atoms with Crippen molar-refractivity contribution in [3.8, 4) is 5.75 Å². The van der Waals surface area contributed by atoms with E-state index in [1.807, 2.05) is 25.1 Å². The van der Waals surface area contributed by atoms with Crippen LogP contribution in [0.25, 0.3) is 6.08 Å². The Hall–Kier alpha value is -4.48. The van der Waals surface area contributed by atoms with E-state index in [0.717, 1.165) is 9.90 Å². The smallest absolute Gasteiger partial charge is 0.272 e. The highest BCUT2D eigenvalue weighted by Crippen LogP contribution is 2.24. The van der Waals surface area contributed by atoms with Gasteiger partial charge in [-0.2, -0.15) is 0 Å². The van der Waals surface area contributed by atoms with Crippen molar-refractivity contribution in [2.24, 2.45) is 0 Å². The molecular weight excluding hydrogens is 534 g/mol. The predicted octanol–water partition coefficient (Wildman–Crippen LogP) is 5.00. The molecule has 3 N–H and O–H groups in total. The average molecular weight is 560 g/mol. The molecule has 0 unspecified atom stereocenters. The number of hydrogen-bond acceptors (Lipinski definition) is 8. The molecule has 0 spiro atoms. The second kappa shape index (κ2) is 13.4. The molecule has 4 aromatic rings. The van der Waals surface area contributed by atoms with E-state index in [2.05, 4.69) is 26.1 Å². The summed E-state index contributed by atoms with van der Waals surface area (Å²) in [5.41, 5.74) is 1.58. The third-order valence-corrected chi connectivity index (χ3v) is 6.95. The van der Waals surface area contributed by atoms with Gasteiger partial charge in [0.25, 0.3) is 11.8 Å². The normalized spacial score (nSPS) is 11.0. The van der Waals surface area contributed by atoms with Gasteiger partial charge in [-0.05, 0) is 49.4 Å². The number of rotatable bonds is 10. The third kappa shape index (κ3) is 8.00. The first kappa shape index (κ1) is 27.6. The molecule has 39 heavy (non-hydrogen) atoms. The largest absolute Gasteiger partial charge is 0.496 e. The Morgan fingerprint density at radius 3 is 2.46 bits per heavy atom. The minimum absolute atomic E-state index is 0.0399. The number of ether oxygens (including phenoxy) is 1. The Morgan fingerprint density at radius 2 is 1.72 bits per heavy atom. The first-order valence-electron chi connectivity index (χ1n) is 11.8. The fourth-order valence-electron chi connectivity index (χ4n) is 3.40. The highest BCUT2D eigenvalue weighted by molar-refractivity contribution is 8.00. The molecule has 0 bridgehead atoms.